The molecule has 1 aliphatic heterocycles. The minimum absolute atomic E-state index is 0.169. The summed E-state index contributed by atoms with van der Waals surface area (Å²) in [4.78, 5) is 12.2. The number of carbonyl (C=O) groups is 1. The Morgan fingerprint density at radius 2 is 1.86 bits per heavy atom. The minimum atomic E-state index is -4.39. The second kappa shape index (κ2) is 5.91. The number of nitrogens with one attached hydrogen (secondary N) is 2. The number of benzene rings is 1. The summed E-state index contributed by atoms with van der Waals surface area (Å²) in [6.07, 6.45) is -2.71. The van der Waals surface area contributed by atoms with Crippen LogP contribution < -0.4 is 10.6 Å². The van der Waals surface area contributed by atoms with Crippen molar-refractivity contribution in [1.82, 2.24) is 10.6 Å². The third-order valence-electron chi connectivity index (χ3n) is 3.94. The molecule has 0 radical (unpaired) electrons. The molecule has 1 aliphatic rings. The van der Waals surface area contributed by atoms with Gasteiger partial charge in [0.15, 0.2) is 0 Å². The lowest BCUT2D eigenvalue weighted by Gasteiger charge is -2.29. The van der Waals surface area contributed by atoms with Gasteiger partial charge in [-0.05, 0) is 57.9 Å². The average Bonchev–Trinajstić information content (AvgIpc) is 2.90. The molecule has 0 bridgehead atoms. The Hall–Kier alpha value is -1.56. The number of carbonyl (C=O) groups excluding carboxylic acids is 1. The first-order chi connectivity index (χ1) is 10.1. The van der Waals surface area contributed by atoms with Crippen molar-refractivity contribution < 1.29 is 18.0 Å². The summed E-state index contributed by atoms with van der Waals surface area (Å²) < 4.78 is 38.8. The average molecular weight is 314 g/mol. The van der Waals surface area contributed by atoms with Crippen LogP contribution in [0.25, 0.3) is 0 Å². The molecule has 2 N–H and O–H groups in total. The first-order valence-electron chi connectivity index (χ1n) is 7.34. The van der Waals surface area contributed by atoms with Gasteiger partial charge in [0.2, 0.25) is 5.91 Å². The maximum Gasteiger partial charge on any atom is 0.416 e. The molecule has 0 spiro atoms. The van der Waals surface area contributed by atoms with Crippen LogP contribution in [0, 0.1) is 6.92 Å². The van der Waals surface area contributed by atoms with Crippen molar-refractivity contribution in [2.75, 3.05) is 6.54 Å². The van der Waals surface area contributed by atoms with E-state index >= 15 is 0 Å². The zero-order chi connectivity index (χ0) is 16.5. The predicted octanol–water partition coefficient (Wildman–Crippen LogP) is 3.12. The molecule has 0 saturated carbocycles. The second-order valence-corrected chi connectivity index (χ2v) is 6.35. The van der Waals surface area contributed by atoms with Crippen molar-refractivity contribution in [2.45, 2.75) is 51.4 Å². The maximum atomic E-state index is 12.9. The lowest BCUT2D eigenvalue weighted by molar-refractivity contribution is -0.137. The van der Waals surface area contributed by atoms with Crippen LogP contribution in [0.4, 0.5) is 13.2 Å². The summed E-state index contributed by atoms with van der Waals surface area (Å²) in [7, 11) is 0. The minimum Gasteiger partial charge on any atom is -0.346 e. The highest BCUT2D eigenvalue weighted by atomic mass is 19.4. The molecule has 1 atom stereocenters. The lowest BCUT2D eigenvalue weighted by Crippen LogP contribution is -2.48. The van der Waals surface area contributed by atoms with Gasteiger partial charge in [-0.15, -0.1) is 0 Å². The molecule has 2 rings (SSSR count). The van der Waals surface area contributed by atoms with Gasteiger partial charge in [0.05, 0.1) is 17.1 Å². The Labute approximate surface area is 128 Å². The van der Waals surface area contributed by atoms with Gasteiger partial charge in [-0.2, -0.15) is 13.2 Å². The molecule has 0 aromatic heterocycles. The smallest absolute Gasteiger partial charge is 0.346 e. The highest BCUT2D eigenvalue weighted by molar-refractivity contribution is 5.82. The molecule has 22 heavy (non-hydrogen) atoms. The number of amides is 1. The van der Waals surface area contributed by atoms with Gasteiger partial charge >= 0.3 is 6.18 Å². The molecule has 0 unspecified atom stereocenters. The summed E-state index contributed by atoms with van der Waals surface area (Å²) in [5.41, 5.74) is -0.589. The van der Waals surface area contributed by atoms with Crippen LogP contribution in [0.15, 0.2) is 18.2 Å². The normalized spacial score (nSPS) is 19.3. The van der Waals surface area contributed by atoms with E-state index in [2.05, 4.69) is 10.6 Å². The van der Waals surface area contributed by atoms with Crippen LogP contribution in [0.2, 0.25) is 0 Å². The third-order valence-corrected chi connectivity index (χ3v) is 3.94. The summed E-state index contributed by atoms with van der Waals surface area (Å²) in [5.74, 6) is -0.169. The van der Waals surface area contributed by atoms with Crippen molar-refractivity contribution in [3.63, 3.8) is 0 Å². The van der Waals surface area contributed by atoms with Gasteiger partial charge in [-0.3, -0.25) is 4.79 Å². The molecule has 1 aromatic carbocycles. The molecule has 1 aromatic rings. The molecule has 1 heterocycles. The highest BCUT2D eigenvalue weighted by Gasteiger charge is 2.34. The highest BCUT2D eigenvalue weighted by Crippen LogP contribution is 2.33. The SMILES string of the molecule is Cc1cc(C(F)(F)F)cc(C(C)(C)NC(=O)[C@H]2CCCN2)c1. The summed E-state index contributed by atoms with van der Waals surface area (Å²) in [6, 6.07) is 3.64. The van der Waals surface area contributed by atoms with Gasteiger partial charge in [-0.1, -0.05) is 11.6 Å². The Morgan fingerprint density at radius 1 is 1.23 bits per heavy atom. The zero-order valence-corrected chi connectivity index (χ0v) is 13.0. The van der Waals surface area contributed by atoms with Crippen LogP contribution in [0.5, 0.6) is 0 Å². The Bertz CT molecular complexity index is 561. The van der Waals surface area contributed by atoms with Crippen LogP contribution in [0.3, 0.4) is 0 Å². The van der Waals surface area contributed by atoms with Gasteiger partial charge in [0.1, 0.15) is 0 Å². The zero-order valence-electron chi connectivity index (χ0n) is 13.0. The number of halogens is 3. The topological polar surface area (TPSA) is 41.1 Å². The maximum absolute atomic E-state index is 12.9. The van der Waals surface area contributed by atoms with Crippen LogP contribution in [-0.2, 0) is 16.5 Å². The molecule has 3 nitrogen and oxygen atoms in total. The van der Waals surface area contributed by atoms with Gasteiger partial charge in [-0.25, -0.2) is 0 Å². The quantitative estimate of drug-likeness (QED) is 0.900. The fourth-order valence-corrected chi connectivity index (χ4v) is 2.68. The Kier molecular flexibility index (Phi) is 4.52. The molecule has 1 fully saturated rings. The first-order valence-corrected chi connectivity index (χ1v) is 7.34. The van der Waals surface area contributed by atoms with Crippen LogP contribution in [-0.4, -0.2) is 18.5 Å². The molecular weight excluding hydrogens is 293 g/mol. The van der Waals surface area contributed by atoms with E-state index in [4.69, 9.17) is 0 Å². The van der Waals surface area contributed by atoms with E-state index in [-0.39, 0.29) is 11.9 Å². The largest absolute Gasteiger partial charge is 0.416 e. The fourth-order valence-electron chi connectivity index (χ4n) is 2.68. The summed E-state index contributed by atoms with van der Waals surface area (Å²) in [6.45, 7) is 5.85. The van der Waals surface area contributed by atoms with Crippen LogP contribution >= 0.6 is 0 Å². The molecule has 6 heteroatoms. The second-order valence-electron chi connectivity index (χ2n) is 6.35. The van der Waals surface area contributed by atoms with Crippen molar-refractivity contribution in [1.29, 1.82) is 0 Å². The number of rotatable bonds is 3. The van der Waals surface area contributed by atoms with Crippen molar-refractivity contribution in [3.8, 4) is 0 Å². The Balaban J connectivity index is 2.24. The van der Waals surface area contributed by atoms with Crippen molar-refractivity contribution >= 4 is 5.91 Å². The van der Waals surface area contributed by atoms with E-state index in [0.717, 1.165) is 31.5 Å². The molecule has 122 valence electrons. The number of aryl methyl sites for hydroxylation is 1. The molecular formula is C16H21F3N2O. The van der Waals surface area contributed by atoms with E-state index < -0.39 is 17.3 Å². The molecule has 1 amide bonds. The standard InChI is InChI=1S/C16H21F3N2O/c1-10-7-11(9-12(8-10)16(17,18)19)15(2,3)21-14(22)13-5-4-6-20-13/h7-9,13,20H,4-6H2,1-3H3,(H,21,22)/t13-/m1/s1. The van der Waals surface area contributed by atoms with E-state index in [1.165, 1.54) is 0 Å². The number of hydrogen-bond acceptors (Lipinski definition) is 2. The first kappa shape index (κ1) is 16.8. The monoisotopic (exact) mass is 314 g/mol. The van der Waals surface area contributed by atoms with Crippen LogP contribution in [0.1, 0.15) is 43.4 Å². The molecule has 0 aliphatic carbocycles. The van der Waals surface area contributed by atoms with Crippen molar-refractivity contribution in [2.24, 2.45) is 0 Å². The number of alkyl halides is 3. The lowest BCUT2D eigenvalue weighted by atomic mass is 9.90. The fraction of sp³-hybridized carbons (Fsp3) is 0.562. The van der Waals surface area contributed by atoms with E-state index in [9.17, 15) is 18.0 Å². The molecule has 1 saturated heterocycles. The van der Waals surface area contributed by atoms with Gasteiger partial charge in [0.25, 0.3) is 0 Å². The van der Waals surface area contributed by atoms with E-state index in [1.807, 2.05) is 0 Å². The summed E-state index contributed by atoms with van der Waals surface area (Å²) in [5, 5.41) is 5.94. The predicted molar refractivity (Wildman–Crippen MR) is 78.4 cm³/mol. The van der Waals surface area contributed by atoms with E-state index in [1.54, 1.807) is 26.8 Å². The Morgan fingerprint density at radius 3 is 2.41 bits per heavy atom. The van der Waals surface area contributed by atoms with Crippen molar-refractivity contribution in [3.05, 3.63) is 34.9 Å². The van der Waals surface area contributed by atoms with Gasteiger partial charge in [0, 0.05) is 0 Å². The summed E-state index contributed by atoms with van der Waals surface area (Å²) >= 11 is 0. The van der Waals surface area contributed by atoms with Gasteiger partial charge < -0.3 is 10.6 Å². The van der Waals surface area contributed by atoms with E-state index in [0.29, 0.717) is 11.1 Å². The number of hydrogen-bond donors (Lipinski definition) is 2. The third kappa shape index (κ3) is 3.80.